The number of hydrogen-bond donors (Lipinski definition) is 2. The number of amides is 1. The average molecular weight is 304 g/mol. The van der Waals surface area contributed by atoms with E-state index in [2.05, 4.69) is 5.32 Å². The summed E-state index contributed by atoms with van der Waals surface area (Å²) in [5.41, 5.74) is 4.87. The third-order valence-corrected chi connectivity index (χ3v) is 3.16. The number of carbonyl (C=O) groups excluding carboxylic acids is 1. The van der Waals surface area contributed by atoms with Crippen LogP contribution < -0.4 is 11.1 Å². The van der Waals surface area contributed by atoms with Gasteiger partial charge in [-0.1, -0.05) is 0 Å². The van der Waals surface area contributed by atoms with E-state index in [1.807, 2.05) is 0 Å². The first-order valence-corrected chi connectivity index (χ1v) is 5.97. The van der Waals surface area contributed by atoms with Crippen molar-refractivity contribution in [3.8, 4) is 0 Å². The number of hydrogen-bond acceptors (Lipinski definition) is 4. The van der Waals surface area contributed by atoms with Crippen LogP contribution in [-0.4, -0.2) is 23.4 Å². The summed E-state index contributed by atoms with van der Waals surface area (Å²) in [5, 5.41) is 13.5. The topological polar surface area (TPSA) is 98.3 Å². The molecule has 0 spiro atoms. The lowest BCUT2D eigenvalue weighted by Gasteiger charge is -2.15. The summed E-state index contributed by atoms with van der Waals surface area (Å²) < 4.78 is 13.0. The zero-order chi connectivity index (χ0) is 14.0. The van der Waals surface area contributed by atoms with Gasteiger partial charge in [0.1, 0.15) is 11.4 Å². The SMILES string of the molecule is Cl.NCC(NC(=O)c1ccc(F)cc1[N+](=O)[O-])C1CC1. The van der Waals surface area contributed by atoms with Crippen molar-refractivity contribution in [2.45, 2.75) is 18.9 Å². The predicted octanol–water partition coefficient (Wildman–Crippen LogP) is 1.62. The second kappa shape index (κ2) is 6.62. The van der Waals surface area contributed by atoms with Gasteiger partial charge in [-0.05, 0) is 30.9 Å². The molecule has 3 N–H and O–H groups in total. The van der Waals surface area contributed by atoms with E-state index in [1.54, 1.807) is 0 Å². The van der Waals surface area contributed by atoms with Gasteiger partial charge in [-0.3, -0.25) is 14.9 Å². The first kappa shape index (κ1) is 16.3. The maximum atomic E-state index is 13.0. The largest absolute Gasteiger partial charge is 0.348 e. The van der Waals surface area contributed by atoms with Crippen molar-refractivity contribution in [2.24, 2.45) is 11.7 Å². The fourth-order valence-corrected chi connectivity index (χ4v) is 1.96. The molecule has 1 saturated carbocycles. The number of nitrogens with two attached hydrogens (primary N) is 1. The van der Waals surface area contributed by atoms with Gasteiger partial charge in [-0.25, -0.2) is 4.39 Å². The van der Waals surface area contributed by atoms with Gasteiger partial charge in [0.2, 0.25) is 0 Å². The smallest absolute Gasteiger partial charge is 0.285 e. The Labute approximate surface area is 121 Å². The lowest BCUT2D eigenvalue weighted by molar-refractivity contribution is -0.385. The van der Waals surface area contributed by atoms with Crippen LogP contribution in [-0.2, 0) is 0 Å². The molecule has 0 aromatic heterocycles. The minimum atomic E-state index is -0.771. The van der Waals surface area contributed by atoms with Gasteiger partial charge in [0, 0.05) is 12.6 Å². The Kier molecular flexibility index (Phi) is 5.41. The van der Waals surface area contributed by atoms with Crippen LogP contribution in [0.5, 0.6) is 0 Å². The van der Waals surface area contributed by atoms with Gasteiger partial charge < -0.3 is 11.1 Å². The van der Waals surface area contributed by atoms with Gasteiger partial charge in [0.15, 0.2) is 0 Å². The fraction of sp³-hybridized carbons (Fsp3) is 0.417. The van der Waals surface area contributed by atoms with Crippen LogP contribution in [0.3, 0.4) is 0 Å². The highest BCUT2D eigenvalue weighted by molar-refractivity contribution is 5.98. The Balaban J connectivity index is 0.00000200. The molecule has 1 aliphatic carbocycles. The third-order valence-electron chi connectivity index (χ3n) is 3.16. The molecule has 0 radical (unpaired) electrons. The van der Waals surface area contributed by atoms with Crippen LogP contribution in [0.4, 0.5) is 10.1 Å². The van der Waals surface area contributed by atoms with Crippen LogP contribution in [0.15, 0.2) is 18.2 Å². The Bertz CT molecular complexity index is 523. The summed E-state index contributed by atoms with van der Waals surface area (Å²) >= 11 is 0. The number of nitro benzene ring substituents is 1. The highest BCUT2D eigenvalue weighted by Gasteiger charge is 2.32. The summed E-state index contributed by atoms with van der Waals surface area (Å²) in [6, 6.07) is 2.70. The Morgan fingerprint density at radius 3 is 2.70 bits per heavy atom. The zero-order valence-electron chi connectivity index (χ0n) is 10.5. The van der Waals surface area contributed by atoms with Crippen LogP contribution in [0.1, 0.15) is 23.2 Å². The van der Waals surface area contributed by atoms with E-state index >= 15 is 0 Å². The first-order valence-electron chi connectivity index (χ1n) is 5.97. The normalized spacial score (nSPS) is 15.1. The quantitative estimate of drug-likeness (QED) is 0.638. The molecule has 1 amide bonds. The molecular weight excluding hydrogens is 289 g/mol. The van der Waals surface area contributed by atoms with Gasteiger partial charge in [0.05, 0.1) is 11.0 Å². The molecule has 2 rings (SSSR count). The van der Waals surface area contributed by atoms with E-state index in [1.165, 1.54) is 0 Å². The number of nitrogens with zero attached hydrogens (tertiary/aromatic N) is 1. The number of nitro groups is 1. The molecule has 0 bridgehead atoms. The van der Waals surface area contributed by atoms with E-state index < -0.39 is 22.3 Å². The molecule has 0 heterocycles. The Hall–Kier alpha value is -1.73. The fourth-order valence-electron chi connectivity index (χ4n) is 1.96. The molecule has 0 saturated heterocycles. The van der Waals surface area contributed by atoms with E-state index in [9.17, 15) is 19.3 Å². The van der Waals surface area contributed by atoms with Gasteiger partial charge in [-0.2, -0.15) is 0 Å². The standard InChI is InChI=1S/C12H14FN3O3.ClH/c13-8-3-4-9(11(5-8)16(18)19)12(17)15-10(6-14)7-1-2-7;/h3-5,7,10H,1-2,6,14H2,(H,15,17);1H. The molecule has 110 valence electrons. The summed E-state index contributed by atoms with van der Waals surface area (Å²) in [5.74, 6) is -0.997. The molecule has 8 heteroatoms. The lowest BCUT2D eigenvalue weighted by Crippen LogP contribution is -2.41. The zero-order valence-corrected chi connectivity index (χ0v) is 11.4. The van der Waals surface area contributed by atoms with Gasteiger partial charge >= 0.3 is 0 Å². The van der Waals surface area contributed by atoms with Crippen molar-refractivity contribution in [3.05, 3.63) is 39.7 Å². The number of rotatable bonds is 5. The van der Waals surface area contributed by atoms with E-state index in [-0.39, 0.29) is 30.6 Å². The number of nitrogens with one attached hydrogen (secondary N) is 1. The molecule has 6 nitrogen and oxygen atoms in total. The van der Waals surface area contributed by atoms with Gasteiger partial charge in [-0.15, -0.1) is 12.4 Å². The molecule has 20 heavy (non-hydrogen) atoms. The van der Waals surface area contributed by atoms with Crippen molar-refractivity contribution in [1.82, 2.24) is 5.32 Å². The molecule has 1 fully saturated rings. The van der Waals surface area contributed by atoms with Crippen molar-refractivity contribution >= 4 is 24.0 Å². The summed E-state index contributed by atoms with van der Waals surface area (Å²) in [7, 11) is 0. The summed E-state index contributed by atoms with van der Waals surface area (Å²) in [4.78, 5) is 22.0. The maximum Gasteiger partial charge on any atom is 0.285 e. The molecule has 1 atom stereocenters. The minimum absolute atomic E-state index is 0. The summed E-state index contributed by atoms with van der Waals surface area (Å²) in [6.45, 7) is 0.283. The molecule has 1 unspecified atom stereocenters. The highest BCUT2D eigenvalue weighted by Crippen LogP contribution is 2.32. The van der Waals surface area contributed by atoms with E-state index in [0.717, 1.165) is 31.0 Å². The minimum Gasteiger partial charge on any atom is -0.348 e. The molecule has 1 aromatic rings. The molecule has 1 aliphatic rings. The van der Waals surface area contributed by atoms with E-state index in [4.69, 9.17) is 5.73 Å². The average Bonchev–Trinajstić information content (AvgIpc) is 3.19. The number of carbonyl (C=O) groups is 1. The first-order chi connectivity index (χ1) is 9.02. The van der Waals surface area contributed by atoms with Crippen LogP contribution in [0.2, 0.25) is 0 Å². The highest BCUT2D eigenvalue weighted by atomic mass is 35.5. The number of halogens is 2. The second-order valence-electron chi connectivity index (χ2n) is 4.57. The monoisotopic (exact) mass is 303 g/mol. The van der Waals surface area contributed by atoms with Gasteiger partial charge in [0.25, 0.3) is 11.6 Å². The second-order valence-corrected chi connectivity index (χ2v) is 4.57. The van der Waals surface area contributed by atoms with Crippen molar-refractivity contribution < 1.29 is 14.1 Å². The van der Waals surface area contributed by atoms with Crippen molar-refractivity contribution in [3.63, 3.8) is 0 Å². The molecule has 1 aromatic carbocycles. The predicted molar refractivity (Wildman–Crippen MR) is 73.3 cm³/mol. The third kappa shape index (κ3) is 3.64. The molecule has 0 aliphatic heterocycles. The molecular formula is C12H15ClFN3O3. The Morgan fingerprint density at radius 1 is 1.55 bits per heavy atom. The maximum absolute atomic E-state index is 13.0. The van der Waals surface area contributed by atoms with Crippen molar-refractivity contribution in [2.75, 3.05) is 6.54 Å². The Morgan fingerprint density at radius 2 is 2.20 bits per heavy atom. The summed E-state index contributed by atoms with van der Waals surface area (Å²) in [6.07, 6.45) is 1.99. The van der Waals surface area contributed by atoms with Crippen LogP contribution in [0, 0.1) is 21.8 Å². The van der Waals surface area contributed by atoms with Crippen LogP contribution in [0.25, 0.3) is 0 Å². The van der Waals surface area contributed by atoms with Crippen molar-refractivity contribution in [1.29, 1.82) is 0 Å². The van der Waals surface area contributed by atoms with Crippen LogP contribution >= 0.6 is 12.4 Å². The number of benzene rings is 1. The van der Waals surface area contributed by atoms with E-state index in [0.29, 0.717) is 5.92 Å². The lowest BCUT2D eigenvalue weighted by atomic mass is 10.1.